The van der Waals surface area contributed by atoms with Crippen molar-refractivity contribution in [2.45, 2.75) is 4.90 Å². The SMILES string of the molecule is COc1cccc(C(=O)COC(=O)c2cccc(S(=O)(=O)N(C)OC)c2)c1. The second-order valence-corrected chi connectivity index (χ2v) is 7.29. The number of ketones is 1. The number of Topliss-reactive ketones (excluding diaryl/α,β-unsaturated/α-hetero) is 1. The molecule has 2 aromatic carbocycles. The summed E-state index contributed by atoms with van der Waals surface area (Å²) in [6.45, 7) is -0.485. The molecule has 0 spiro atoms. The third-order valence-corrected chi connectivity index (χ3v) is 5.36. The van der Waals surface area contributed by atoms with E-state index in [9.17, 15) is 18.0 Å². The second-order valence-electron chi connectivity index (χ2n) is 5.36. The van der Waals surface area contributed by atoms with Crippen molar-refractivity contribution in [2.75, 3.05) is 27.9 Å². The van der Waals surface area contributed by atoms with Crippen LogP contribution in [0.2, 0.25) is 0 Å². The third-order valence-electron chi connectivity index (χ3n) is 3.69. The normalized spacial score (nSPS) is 11.3. The smallest absolute Gasteiger partial charge is 0.338 e. The number of sulfonamides is 1. The minimum atomic E-state index is -3.90. The fraction of sp³-hybridized carbons (Fsp3) is 0.222. The van der Waals surface area contributed by atoms with Gasteiger partial charge in [-0.15, -0.1) is 0 Å². The van der Waals surface area contributed by atoms with E-state index >= 15 is 0 Å². The van der Waals surface area contributed by atoms with Gasteiger partial charge in [-0.1, -0.05) is 22.7 Å². The Balaban J connectivity index is 2.10. The van der Waals surface area contributed by atoms with Crippen LogP contribution in [0.3, 0.4) is 0 Å². The molecule has 0 saturated heterocycles. The number of hydrogen-bond donors (Lipinski definition) is 0. The molecule has 0 radical (unpaired) electrons. The monoisotopic (exact) mass is 393 g/mol. The lowest BCUT2D eigenvalue weighted by molar-refractivity contribution is -0.0258. The molecule has 0 bridgehead atoms. The first-order valence-corrected chi connectivity index (χ1v) is 9.21. The lowest BCUT2D eigenvalue weighted by atomic mass is 10.1. The molecule has 0 atom stereocenters. The van der Waals surface area contributed by atoms with E-state index in [1.807, 2.05) is 0 Å². The van der Waals surface area contributed by atoms with Crippen LogP contribution in [0.4, 0.5) is 0 Å². The predicted molar refractivity (Wildman–Crippen MR) is 96.0 cm³/mol. The number of hydrogen-bond acceptors (Lipinski definition) is 7. The average molecular weight is 393 g/mol. The maximum absolute atomic E-state index is 12.2. The summed E-state index contributed by atoms with van der Waals surface area (Å²) in [4.78, 5) is 28.9. The topological polar surface area (TPSA) is 99.2 Å². The Morgan fingerprint density at radius 1 is 1.00 bits per heavy atom. The lowest BCUT2D eigenvalue weighted by Gasteiger charge is -2.14. The highest BCUT2D eigenvalue weighted by Crippen LogP contribution is 2.17. The van der Waals surface area contributed by atoms with Gasteiger partial charge in [-0.2, -0.15) is 0 Å². The van der Waals surface area contributed by atoms with Gasteiger partial charge < -0.3 is 9.47 Å². The first-order chi connectivity index (χ1) is 12.8. The largest absolute Gasteiger partial charge is 0.497 e. The first kappa shape index (κ1) is 20.6. The number of methoxy groups -OCH3 is 1. The Labute approximate surface area is 157 Å². The number of ether oxygens (including phenoxy) is 2. The maximum Gasteiger partial charge on any atom is 0.338 e. The molecule has 8 nitrogen and oxygen atoms in total. The van der Waals surface area contributed by atoms with E-state index in [2.05, 4.69) is 0 Å². The number of carbonyl (C=O) groups is 2. The molecule has 0 aliphatic heterocycles. The van der Waals surface area contributed by atoms with Gasteiger partial charge in [0.1, 0.15) is 5.75 Å². The highest BCUT2D eigenvalue weighted by Gasteiger charge is 2.22. The van der Waals surface area contributed by atoms with Crippen LogP contribution in [0.5, 0.6) is 5.75 Å². The Bertz CT molecular complexity index is 940. The van der Waals surface area contributed by atoms with E-state index < -0.39 is 28.4 Å². The van der Waals surface area contributed by atoms with Gasteiger partial charge in [0, 0.05) is 12.6 Å². The second kappa shape index (κ2) is 8.76. The molecule has 0 aliphatic rings. The van der Waals surface area contributed by atoms with Crippen LogP contribution in [0, 0.1) is 0 Å². The van der Waals surface area contributed by atoms with Crippen LogP contribution in [0.1, 0.15) is 20.7 Å². The van der Waals surface area contributed by atoms with Crippen LogP contribution in [-0.4, -0.2) is 52.5 Å². The van der Waals surface area contributed by atoms with Gasteiger partial charge >= 0.3 is 5.97 Å². The molecule has 144 valence electrons. The van der Waals surface area contributed by atoms with Crippen molar-refractivity contribution < 1.29 is 32.3 Å². The number of nitrogens with zero attached hydrogens (tertiary/aromatic N) is 1. The molecule has 0 aromatic heterocycles. The van der Waals surface area contributed by atoms with Crippen LogP contribution in [0.25, 0.3) is 0 Å². The van der Waals surface area contributed by atoms with Crippen molar-refractivity contribution in [1.82, 2.24) is 4.47 Å². The van der Waals surface area contributed by atoms with E-state index in [0.717, 1.165) is 6.07 Å². The molecule has 0 saturated carbocycles. The molecule has 0 unspecified atom stereocenters. The molecule has 0 aliphatic carbocycles. The fourth-order valence-corrected chi connectivity index (χ4v) is 3.14. The van der Waals surface area contributed by atoms with Crippen molar-refractivity contribution in [3.63, 3.8) is 0 Å². The molecule has 2 aromatic rings. The zero-order valence-electron chi connectivity index (χ0n) is 15.0. The molecule has 0 fully saturated rings. The van der Waals surface area contributed by atoms with Gasteiger partial charge in [0.2, 0.25) is 0 Å². The van der Waals surface area contributed by atoms with Crippen LogP contribution in [-0.2, 0) is 19.6 Å². The van der Waals surface area contributed by atoms with Gasteiger partial charge in [-0.3, -0.25) is 9.63 Å². The molecule has 9 heteroatoms. The van der Waals surface area contributed by atoms with Crippen molar-refractivity contribution in [3.8, 4) is 5.75 Å². The number of hydroxylamine groups is 1. The molecule has 0 N–H and O–H groups in total. The molecular weight excluding hydrogens is 374 g/mol. The Morgan fingerprint density at radius 3 is 2.33 bits per heavy atom. The van der Waals surface area contributed by atoms with Crippen molar-refractivity contribution in [2.24, 2.45) is 0 Å². The number of rotatable bonds is 8. The summed E-state index contributed by atoms with van der Waals surface area (Å²) < 4.78 is 35.2. The van der Waals surface area contributed by atoms with Gasteiger partial charge in [0.25, 0.3) is 10.0 Å². The number of esters is 1. The summed E-state index contributed by atoms with van der Waals surface area (Å²) in [6, 6.07) is 11.7. The zero-order chi connectivity index (χ0) is 20.0. The van der Waals surface area contributed by atoms with Gasteiger partial charge in [-0.05, 0) is 30.3 Å². The zero-order valence-corrected chi connectivity index (χ0v) is 15.9. The Morgan fingerprint density at radius 2 is 1.67 bits per heavy atom. The van der Waals surface area contributed by atoms with Gasteiger partial charge in [0.15, 0.2) is 12.4 Å². The predicted octanol–water partition coefficient (Wildman–Crippen LogP) is 1.92. The van der Waals surface area contributed by atoms with Crippen molar-refractivity contribution >= 4 is 21.8 Å². The van der Waals surface area contributed by atoms with E-state index in [1.165, 1.54) is 45.5 Å². The number of benzene rings is 2. The summed E-state index contributed by atoms with van der Waals surface area (Å²) in [5.74, 6) is -0.721. The summed E-state index contributed by atoms with van der Waals surface area (Å²) in [7, 11) is 0.0108. The van der Waals surface area contributed by atoms with E-state index in [1.54, 1.807) is 18.2 Å². The van der Waals surface area contributed by atoms with E-state index in [-0.39, 0.29) is 10.5 Å². The molecule has 0 amide bonds. The van der Waals surface area contributed by atoms with Crippen molar-refractivity contribution in [3.05, 3.63) is 59.7 Å². The Kier molecular flexibility index (Phi) is 6.67. The number of carbonyl (C=O) groups excluding carboxylic acids is 2. The standard InChI is InChI=1S/C18H19NO7S/c1-19(25-3)27(22,23)16-9-5-7-14(11-16)18(21)26-12-17(20)13-6-4-8-15(10-13)24-2/h4-11H,12H2,1-3H3. The maximum atomic E-state index is 12.2. The highest BCUT2D eigenvalue weighted by atomic mass is 32.2. The summed E-state index contributed by atoms with van der Waals surface area (Å²) >= 11 is 0. The van der Waals surface area contributed by atoms with E-state index in [4.69, 9.17) is 14.3 Å². The van der Waals surface area contributed by atoms with Gasteiger partial charge in [0.05, 0.1) is 24.7 Å². The summed E-state index contributed by atoms with van der Waals surface area (Å²) in [6.07, 6.45) is 0. The highest BCUT2D eigenvalue weighted by molar-refractivity contribution is 7.89. The average Bonchev–Trinajstić information content (AvgIpc) is 2.71. The van der Waals surface area contributed by atoms with Crippen LogP contribution >= 0.6 is 0 Å². The molecule has 2 rings (SSSR count). The molecular formula is C18H19NO7S. The van der Waals surface area contributed by atoms with Crippen LogP contribution < -0.4 is 4.74 Å². The summed E-state index contributed by atoms with van der Waals surface area (Å²) in [5.41, 5.74) is 0.333. The summed E-state index contributed by atoms with van der Waals surface area (Å²) in [5, 5.41) is 0. The Hall–Kier alpha value is -2.75. The van der Waals surface area contributed by atoms with Crippen molar-refractivity contribution in [1.29, 1.82) is 0 Å². The molecule has 0 heterocycles. The van der Waals surface area contributed by atoms with E-state index in [0.29, 0.717) is 15.8 Å². The quantitative estimate of drug-likeness (QED) is 0.384. The van der Waals surface area contributed by atoms with Crippen LogP contribution in [0.15, 0.2) is 53.4 Å². The third kappa shape index (κ3) is 4.91. The minimum Gasteiger partial charge on any atom is -0.497 e. The fourth-order valence-electron chi connectivity index (χ4n) is 2.12. The minimum absolute atomic E-state index is 0.000907. The first-order valence-electron chi connectivity index (χ1n) is 7.77. The van der Waals surface area contributed by atoms with Gasteiger partial charge in [-0.25, -0.2) is 13.2 Å². The molecule has 27 heavy (non-hydrogen) atoms. The lowest BCUT2D eigenvalue weighted by Crippen LogP contribution is -2.26.